The Bertz CT molecular complexity index is 1000. The van der Waals surface area contributed by atoms with Gasteiger partial charge in [0, 0.05) is 30.2 Å². The van der Waals surface area contributed by atoms with E-state index >= 15 is 0 Å². The molecule has 4 heteroatoms. The number of benzene rings is 1. The van der Waals surface area contributed by atoms with Gasteiger partial charge in [0.05, 0.1) is 12.7 Å². The van der Waals surface area contributed by atoms with Gasteiger partial charge in [-0.3, -0.25) is 4.79 Å². The number of hydrogen-bond acceptors (Lipinski definition) is 3. The first kappa shape index (κ1) is 22.2. The van der Waals surface area contributed by atoms with Crippen LogP contribution in [0.1, 0.15) is 51.0 Å². The Kier molecular flexibility index (Phi) is 6.29. The Hall–Kier alpha value is -2.59. The van der Waals surface area contributed by atoms with Crippen molar-refractivity contribution in [2.45, 2.75) is 57.6 Å². The van der Waals surface area contributed by atoms with Gasteiger partial charge in [-0.2, -0.15) is 0 Å². The summed E-state index contributed by atoms with van der Waals surface area (Å²) >= 11 is 0. The second-order valence-corrected chi connectivity index (χ2v) is 10.4. The van der Waals surface area contributed by atoms with Crippen LogP contribution in [-0.4, -0.2) is 29.8 Å². The molecular formula is C29H35NO3. The Morgan fingerprint density at radius 1 is 1.18 bits per heavy atom. The van der Waals surface area contributed by atoms with E-state index in [0.717, 1.165) is 25.0 Å². The van der Waals surface area contributed by atoms with Gasteiger partial charge in [-0.25, -0.2) is 0 Å². The zero-order valence-corrected chi connectivity index (χ0v) is 19.6. The lowest BCUT2D eigenvalue weighted by Gasteiger charge is -2.30. The van der Waals surface area contributed by atoms with Crippen LogP contribution in [0.2, 0.25) is 0 Å². The van der Waals surface area contributed by atoms with Crippen LogP contribution >= 0.6 is 0 Å². The standard InChI is InChI=1S/C29H35NO3/c1-18-5-3-6-19(2)29(18)22-8-4-7-20(13-22)17-33-24-11-9-21(10-12-24)23-14-26(25-16-27(25)31)30-28(32)15-23/h3-6,8-13,18,20,23,25-27,29,31H,7,14-17H2,1-2H3,(H,30,32). The SMILES string of the molecule is CC1=CC=CC(C)C1C1=CC(COc2ccc(C3CC(=O)NC(C4CC4O)C3)cc2)CC=C1. The van der Waals surface area contributed by atoms with E-state index in [2.05, 4.69) is 67.8 Å². The lowest BCUT2D eigenvalue weighted by Crippen LogP contribution is -2.43. The molecule has 0 radical (unpaired) electrons. The zero-order chi connectivity index (χ0) is 22.9. The summed E-state index contributed by atoms with van der Waals surface area (Å²) in [6.07, 6.45) is 16.7. The highest BCUT2D eigenvalue weighted by atomic mass is 16.5. The Balaban J connectivity index is 1.18. The number of amides is 1. The molecule has 2 N–H and O–H groups in total. The van der Waals surface area contributed by atoms with Gasteiger partial charge in [0.25, 0.3) is 0 Å². The van der Waals surface area contributed by atoms with E-state index in [1.54, 1.807) is 0 Å². The minimum Gasteiger partial charge on any atom is -0.493 e. The molecule has 33 heavy (non-hydrogen) atoms. The number of aliphatic hydroxyl groups excluding tert-OH is 1. The summed E-state index contributed by atoms with van der Waals surface area (Å²) < 4.78 is 6.16. The fraction of sp³-hybridized carbons (Fsp3) is 0.483. The van der Waals surface area contributed by atoms with E-state index in [0.29, 0.717) is 30.8 Å². The van der Waals surface area contributed by atoms with Gasteiger partial charge in [0.15, 0.2) is 0 Å². The molecule has 0 spiro atoms. The highest BCUT2D eigenvalue weighted by Crippen LogP contribution is 2.41. The minimum atomic E-state index is -0.244. The van der Waals surface area contributed by atoms with Crippen molar-refractivity contribution in [1.82, 2.24) is 5.32 Å². The van der Waals surface area contributed by atoms with Gasteiger partial charge in [0.2, 0.25) is 5.91 Å². The maximum Gasteiger partial charge on any atom is 0.220 e. The van der Waals surface area contributed by atoms with Crippen LogP contribution in [-0.2, 0) is 4.79 Å². The second-order valence-electron chi connectivity index (χ2n) is 10.4. The molecule has 1 aromatic rings. The molecule has 174 valence electrons. The van der Waals surface area contributed by atoms with E-state index in [1.807, 2.05) is 12.1 Å². The van der Waals surface area contributed by atoms with Gasteiger partial charge in [0.1, 0.15) is 5.75 Å². The molecule has 1 saturated heterocycles. The highest BCUT2D eigenvalue weighted by Gasteiger charge is 2.45. The number of rotatable bonds is 6. The van der Waals surface area contributed by atoms with Gasteiger partial charge < -0.3 is 15.2 Å². The number of nitrogens with one attached hydrogen (secondary N) is 1. The topological polar surface area (TPSA) is 58.6 Å². The average Bonchev–Trinajstić information content (AvgIpc) is 3.54. The van der Waals surface area contributed by atoms with Crippen LogP contribution in [0.3, 0.4) is 0 Å². The quantitative estimate of drug-likeness (QED) is 0.642. The van der Waals surface area contributed by atoms with Gasteiger partial charge in [-0.15, -0.1) is 0 Å². The third-order valence-corrected chi connectivity index (χ3v) is 7.78. The summed E-state index contributed by atoms with van der Waals surface area (Å²) in [5, 5.41) is 12.8. The molecule has 1 amide bonds. The molecule has 1 heterocycles. The zero-order valence-electron chi connectivity index (χ0n) is 19.6. The van der Waals surface area contributed by atoms with Crippen LogP contribution < -0.4 is 10.1 Å². The summed E-state index contributed by atoms with van der Waals surface area (Å²) in [5.74, 6) is 2.77. The highest BCUT2D eigenvalue weighted by molar-refractivity contribution is 5.78. The number of carbonyl (C=O) groups excluding carboxylic acids is 1. The van der Waals surface area contributed by atoms with Crippen molar-refractivity contribution < 1.29 is 14.6 Å². The summed E-state index contributed by atoms with van der Waals surface area (Å²) in [4.78, 5) is 12.2. The summed E-state index contributed by atoms with van der Waals surface area (Å²) in [6, 6.07) is 8.37. The smallest absolute Gasteiger partial charge is 0.220 e. The maximum atomic E-state index is 12.2. The Morgan fingerprint density at radius 3 is 2.70 bits per heavy atom. The van der Waals surface area contributed by atoms with Crippen molar-refractivity contribution in [1.29, 1.82) is 0 Å². The predicted octanol–water partition coefficient (Wildman–Crippen LogP) is 5.08. The molecule has 3 aliphatic carbocycles. The lowest BCUT2D eigenvalue weighted by atomic mass is 9.76. The molecule has 5 rings (SSSR count). The molecule has 1 aromatic carbocycles. The van der Waals surface area contributed by atoms with Crippen molar-refractivity contribution >= 4 is 5.91 Å². The number of aliphatic hydroxyl groups is 1. The van der Waals surface area contributed by atoms with Gasteiger partial charge in [-0.05, 0) is 61.3 Å². The molecule has 1 aliphatic heterocycles. The van der Waals surface area contributed by atoms with Crippen molar-refractivity contribution in [3.63, 3.8) is 0 Å². The van der Waals surface area contributed by atoms with Crippen LogP contribution in [0.25, 0.3) is 0 Å². The van der Waals surface area contributed by atoms with Crippen LogP contribution in [0.5, 0.6) is 5.75 Å². The maximum absolute atomic E-state index is 12.2. The van der Waals surface area contributed by atoms with Crippen LogP contribution in [0, 0.1) is 23.7 Å². The Labute approximate surface area is 197 Å². The number of piperidine rings is 1. The summed E-state index contributed by atoms with van der Waals surface area (Å²) in [6.45, 7) is 5.19. The first-order valence-corrected chi connectivity index (χ1v) is 12.4. The summed E-state index contributed by atoms with van der Waals surface area (Å²) in [7, 11) is 0. The largest absolute Gasteiger partial charge is 0.493 e. The van der Waals surface area contributed by atoms with Gasteiger partial charge in [-0.1, -0.05) is 61.1 Å². The lowest BCUT2D eigenvalue weighted by molar-refractivity contribution is -0.124. The normalized spacial score (nSPS) is 35.5. The second kappa shape index (κ2) is 9.34. The molecule has 4 nitrogen and oxygen atoms in total. The third kappa shape index (κ3) is 5.01. The number of ether oxygens (including phenoxy) is 1. The molecule has 7 unspecified atom stereocenters. The van der Waals surface area contributed by atoms with Crippen molar-refractivity contribution in [2.24, 2.45) is 23.7 Å². The third-order valence-electron chi connectivity index (χ3n) is 7.78. The van der Waals surface area contributed by atoms with Crippen LogP contribution in [0.4, 0.5) is 0 Å². The van der Waals surface area contributed by atoms with Crippen molar-refractivity contribution in [2.75, 3.05) is 6.61 Å². The molecule has 1 saturated carbocycles. The molecule has 0 aromatic heterocycles. The first-order chi connectivity index (χ1) is 16.0. The fourth-order valence-corrected chi connectivity index (χ4v) is 5.82. The van der Waals surface area contributed by atoms with Gasteiger partial charge >= 0.3 is 0 Å². The number of hydrogen-bond donors (Lipinski definition) is 2. The predicted molar refractivity (Wildman–Crippen MR) is 131 cm³/mol. The molecular weight excluding hydrogens is 410 g/mol. The van der Waals surface area contributed by atoms with E-state index in [4.69, 9.17) is 4.74 Å². The van der Waals surface area contributed by atoms with Crippen LogP contribution in [0.15, 0.2) is 71.9 Å². The molecule has 2 fully saturated rings. The number of allylic oxidation sites excluding steroid dienone is 7. The van der Waals surface area contributed by atoms with E-state index < -0.39 is 0 Å². The van der Waals surface area contributed by atoms with E-state index in [9.17, 15) is 9.90 Å². The monoisotopic (exact) mass is 445 g/mol. The fourth-order valence-electron chi connectivity index (χ4n) is 5.82. The summed E-state index contributed by atoms with van der Waals surface area (Å²) in [5.41, 5.74) is 4.01. The molecule has 0 bridgehead atoms. The molecule has 7 atom stereocenters. The average molecular weight is 446 g/mol. The van der Waals surface area contributed by atoms with Crippen molar-refractivity contribution in [3.05, 3.63) is 77.4 Å². The Morgan fingerprint density at radius 2 is 1.97 bits per heavy atom. The minimum absolute atomic E-state index is 0.0940. The molecule has 4 aliphatic rings. The van der Waals surface area contributed by atoms with E-state index in [1.165, 1.54) is 16.7 Å². The first-order valence-electron chi connectivity index (χ1n) is 12.4. The van der Waals surface area contributed by atoms with E-state index in [-0.39, 0.29) is 29.9 Å². The van der Waals surface area contributed by atoms with Crippen molar-refractivity contribution in [3.8, 4) is 5.75 Å². The number of carbonyl (C=O) groups is 1.